The van der Waals surface area contributed by atoms with Gasteiger partial charge in [-0.2, -0.15) is 0 Å². The topological polar surface area (TPSA) is 166 Å². The van der Waals surface area contributed by atoms with Gasteiger partial charge >= 0.3 is 23.9 Å². The maximum atomic E-state index is 12.9. The summed E-state index contributed by atoms with van der Waals surface area (Å²) in [4.78, 5) is 47.6. The number of likely N-dealkylation sites (tertiary alicyclic amines) is 1. The van der Waals surface area contributed by atoms with Crippen molar-refractivity contribution in [2.75, 3.05) is 38.3 Å². The van der Waals surface area contributed by atoms with E-state index >= 15 is 0 Å². The number of nitrogens with one attached hydrogen (secondary N) is 1. The Hall–Kier alpha value is -4.58. The maximum absolute atomic E-state index is 12.9. The first-order valence-corrected chi connectivity index (χ1v) is 14.6. The highest BCUT2D eigenvalue weighted by Crippen LogP contribution is 2.44. The lowest BCUT2D eigenvalue weighted by Gasteiger charge is -2.39. The molecule has 236 valence electrons. The summed E-state index contributed by atoms with van der Waals surface area (Å²) in [6.45, 7) is 8.07. The molecule has 5 rings (SSSR count). The first kappa shape index (κ1) is 32.3. The van der Waals surface area contributed by atoms with E-state index in [2.05, 4.69) is 29.3 Å². The van der Waals surface area contributed by atoms with Gasteiger partial charge in [-0.1, -0.05) is 6.07 Å². The smallest absolute Gasteiger partial charge is 0.339 e. The predicted octanol–water partition coefficient (Wildman–Crippen LogP) is 4.25. The molecule has 2 heterocycles. The standard InChI is InChI=1S/C28H35N3O5.C4H4O4/c1-4-36-24-14-20(23(13-18(24)2)19-5-6-19)16-30-11-9-28(10-12-30)17-31(27(34)29-28)21-7-8-22(26(32)33)25(15-21)35-3;5-3(6)1-2-4(7)8/h7-8,13-15,19H,4-6,9-12,16-17H2,1-3H3,(H,29,34)(H,32,33);1-2H,(H,5,6)(H,7,8)/b;2-1+. The zero-order valence-corrected chi connectivity index (χ0v) is 25.2. The van der Waals surface area contributed by atoms with Crippen LogP contribution in [0.2, 0.25) is 0 Å². The van der Waals surface area contributed by atoms with Crippen LogP contribution < -0.4 is 19.7 Å². The van der Waals surface area contributed by atoms with Gasteiger partial charge in [0.05, 0.1) is 25.8 Å². The average molecular weight is 610 g/mol. The minimum absolute atomic E-state index is 0.0815. The summed E-state index contributed by atoms with van der Waals surface area (Å²) in [6, 6.07) is 9.21. The van der Waals surface area contributed by atoms with Crippen LogP contribution >= 0.6 is 0 Å². The number of anilines is 1. The van der Waals surface area contributed by atoms with E-state index in [-0.39, 0.29) is 22.9 Å². The van der Waals surface area contributed by atoms with Crippen molar-refractivity contribution in [3.8, 4) is 11.5 Å². The summed E-state index contributed by atoms with van der Waals surface area (Å²) in [5, 5.41) is 28.2. The predicted molar refractivity (Wildman–Crippen MR) is 162 cm³/mol. The molecule has 12 nitrogen and oxygen atoms in total. The van der Waals surface area contributed by atoms with Crippen LogP contribution in [0.25, 0.3) is 0 Å². The fourth-order valence-electron chi connectivity index (χ4n) is 5.72. The Bertz CT molecular complexity index is 1430. The molecule has 1 spiro atoms. The molecule has 0 radical (unpaired) electrons. The van der Waals surface area contributed by atoms with E-state index in [1.165, 1.54) is 42.7 Å². The zero-order chi connectivity index (χ0) is 32.0. The van der Waals surface area contributed by atoms with Gasteiger partial charge in [-0.3, -0.25) is 9.80 Å². The molecule has 0 aromatic heterocycles. The largest absolute Gasteiger partial charge is 0.496 e. The molecule has 2 saturated heterocycles. The molecular weight excluding hydrogens is 570 g/mol. The van der Waals surface area contributed by atoms with Gasteiger partial charge < -0.3 is 30.1 Å². The van der Waals surface area contributed by atoms with Crippen molar-refractivity contribution in [1.82, 2.24) is 10.2 Å². The number of carbonyl (C=O) groups excluding carboxylic acids is 1. The number of aryl methyl sites for hydroxylation is 1. The van der Waals surface area contributed by atoms with E-state index in [9.17, 15) is 24.3 Å². The van der Waals surface area contributed by atoms with E-state index in [4.69, 9.17) is 19.7 Å². The van der Waals surface area contributed by atoms with Crippen molar-refractivity contribution in [2.45, 2.75) is 57.5 Å². The van der Waals surface area contributed by atoms with E-state index < -0.39 is 17.9 Å². The number of benzene rings is 2. The number of nitrogens with zero attached hydrogens (tertiary/aromatic N) is 2. The van der Waals surface area contributed by atoms with Crippen molar-refractivity contribution in [1.29, 1.82) is 0 Å². The van der Waals surface area contributed by atoms with Crippen molar-refractivity contribution in [2.24, 2.45) is 0 Å². The number of methoxy groups -OCH3 is 1. The lowest BCUT2D eigenvalue weighted by molar-refractivity contribution is -0.134. The number of hydrogen-bond donors (Lipinski definition) is 4. The highest BCUT2D eigenvalue weighted by molar-refractivity contribution is 5.97. The number of piperidine rings is 1. The highest BCUT2D eigenvalue weighted by Gasteiger charge is 2.45. The molecule has 3 fully saturated rings. The highest BCUT2D eigenvalue weighted by atomic mass is 16.5. The molecule has 0 unspecified atom stereocenters. The maximum Gasteiger partial charge on any atom is 0.339 e. The third-order valence-electron chi connectivity index (χ3n) is 8.13. The van der Waals surface area contributed by atoms with E-state index in [0.717, 1.165) is 38.2 Å². The molecule has 2 amide bonds. The van der Waals surface area contributed by atoms with Crippen LogP contribution in [-0.4, -0.2) is 83.0 Å². The third-order valence-corrected chi connectivity index (χ3v) is 8.13. The Kier molecular flexibility index (Phi) is 10.1. The Labute approximate surface area is 255 Å². The Morgan fingerprint density at radius 3 is 2.23 bits per heavy atom. The van der Waals surface area contributed by atoms with Crippen LogP contribution in [0.5, 0.6) is 11.5 Å². The van der Waals surface area contributed by atoms with Gasteiger partial charge in [0.15, 0.2) is 0 Å². The Balaban J connectivity index is 0.000000488. The Morgan fingerprint density at radius 2 is 1.68 bits per heavy atom. The molecule has 0 atom stereocenters. The fourth-order valence-corrected chi connectivity index (χ4v) is 5.72. The number of aliphatic carboxylic acids is 2. The lowest BCUT2D eigenvalue weighted by Crippen LogP contribution is -2.52. The second kappa shape index (κ2) is 13.8. The van der Waals surface area contributed by atoms with Gasteiger partial charge in [0.2, 0.25) is 0 Å². The van der Waals surface area contributed by atoms with Crippen LogP contribution in [0, 0.1) is 6.92 Å². The zero-order valence-electron chi connectivity index (χ0n) is 25.2. The second-order valence-electron chi connectivity index (χ2n) is 11.3. The molecule has 2 aliphatic heterocycles. The summed E-state index contributed by atoms with van der Waals surface area (Å²) in [7, 11) is 1.44. The number of rotatable bonds is 10. The first-order valence-electron chi connectivity index (χ1n) is 14.6. The molecule has 2 aromatic carbocycles. The summed E-state index contributed by atoms with van der Waals surface area (Å²) in [5.74, 6) is -1.66. The van der Waals surface area contributed by atoms with Gasteiger partial charge in [0, 0.05) is 43.5 Å². The number of amides is 2. The minimum atomic E-state index is -1.26. The molecule has 1 saturated carbocycles. The van der Waals surface area contributed by atoms with Crippen LogP contribution in [0.1, 0.15) is 65.6 Å². The SMILES string of the molecule is CCOc1cc(CN2CCC3(CC2)CN(c2ccc(C(=O)O)c(OC)c2)C(=O)N3)c(C2CC2)cc1C.O=C(O)/C=C/C(=O)O. The van der Waals surface area contributed by atoms with E-state index in [0.29, 0.717) is 36.9 Å². The minimum Gasteiger partial charge on any atom is -0.496 e. The van der Waals surface area contributed by atoms with Gasteiger partial charge in [0.1, 0.15) is 17.1 Å². The van der Waals surface area contributed by atoms with Crippen LogP contribution in [0.3, 0.4) is 0 Å². The number of carboxylic acid groups (broad SMARTS) is 3. The quantitative estimate of drug-likeness (QED) is 0.286. The monoisotopic (exact) mass is 609 g/mol. The van der Waals surface area contributed by atoms with Gasteiger partial charge in [-0.05, 0) is 80.3 Å². The van der Waals surface area contributed by atoms with E-state index in [1.807, 2.05) is 6.92 Å². The molecule has 44 heavy (non-hydrogen) atoms. The van der Waals surface area contributed by atoms with Crippen LogP contribution in [0.4, 0.5) is 10.5 Å². The van der Waals surface area contributed by atoms with Gasteiger partial charge in [-0.15, -0.1) is 0 Å². The first-order chi connectivity index (χ1) is 20.9. The second-order valence-corrected chi connectivity index (χ2v) is 11.3. The summed E-state index contributed by atoms with van der Waals surface area (Å²) in [5.41, 5.74) is 4.49. The van der Waals surface area contributed by atoms with Crippen LogP contribution in [0.15, 0.2) is 42.5 Å². The van der Waals surface area contributed by atoms with Crippen LogP contribution in [-0.2, 0) is 16.1 Å². The number of ether oxygens (including phenoxy) is 2. The lowest BCUT2D eigenvalue weighted by atomic mass is 9.87. The molecule has 12 heteroatoms. The van der Waals surface area contributed by atoms with E-state index in [1.54, 1.807) is 17.0 Å². The van der Waals surface area contributed by atoms with Crippen molar-refractivity contribution in [3.63, 3.8) is 0 Å². The molecule has 1 aliphatic carbocycles. The number of hydrogen-bond acceptors (Lipinski definition) is 7. The Morgan fingerprint density at radius 1 is 1.02 bits per heavy atom. The van der Waals surface area contributed by atoms with Gasteiger partial charge in [0.25, 0.3) is 0 Å². The molecular formula is C32H39N3O9. The number of aromatic carboxylic acids is 1. The normalized spacial score (nSPS) is 17.6. The van der Waals surface area contributed by atoms with Crippen molar-refractivity contribution < 1.29 is 44.0 Å². The summed E-state index contributed by atoms with van der Waals surface area (Å²) < 4.78 is 11.1. The average Bonchev–Trinajstić information content (AvgIpc) is 3.78. The number of carboxylic acids is 3. The molecule has 4 N–H and O–H groups in total. The summed E-state index contributed by atoms with van der Waals surface area (Å²) in [6.07, 6.45) is 5.38. The number of urea groups is 1. The van der Waals surface area contributed by atoms with Crippen molar-refractivity contribution >= 4 is 29.6 Å². The molecule has 0 bridgehead atoms. The number of carbonyl (C=O) groups is 4. The fraction of sp³-hybridized carbons (Fsp3) is 0.438. The van der Waals surface area contributed by atoms with Gasteiger partial charge in [-0.25, -0.2) is 19.2 Å². The summed E-state index contributed by atoms with van der Waals surface area (Å²) >= 11 is 0. The third kappa shape index (κ3) is 7.87. The van der Waals surface area contributed by atoms with Crippen molar-refractivity contribution in [3.05, 3.63) is 64.7 Å². The molecule has 3 aliphatic rings. The molecule has 2 aromatic rings.